The number of aryl methyl sites for hydroxylation is 1. The quantitative estimate of drug-likeness (QED) is 0.697. The molecule has 1 aromatic carbocycles. The lowest BCUT2D eigenvalue weighted by Crippen LogP contribution is -2.27. The second kappa shape index (κ2) is 8.48. The molecular formula is C22H27ClN2O3. The van der Waals surface area contributed by atoms with Crippen molar-refractivity contribution < 1.29 is 14.3 Å². The fourth-order valence-electron chi connectivity index (χ4n) is 3.94. The lowest BCUT2D eigenvalue weighted by Gasteiger charge is -2.21. The average Bonchev–Trinajstić information content (AvgIpc) is 3.52. The second-order valence-electron chi connectivity index (χ2n) is 7.17. The normalized spacial score (nSPS) is 18.0. The van der Waals surface area contributed by atoms with Crippen LogP contribution >= 0.6 is 11.6 Å². The van der Waals surface area contributed by atoms with E-state index in [1.54, 1.807) is 6.07 Å². The molecule has 0 N–H and O–H groups in total. The molecule has 0 spiro atoms. The number of carbonyl (C=O) groups excluding carboxylic acids is 2. The first-order valence-electron chi connectivity index (χ1n) is 9.99. The van der Waals surface area contributed by atoms with E-state index in [0.717, 1.165) is 48.2 Å². The van der Waals surface area contributed by atoms with Crippen molar-refractivity contribution in [2.45, 2.75) is 58.8 Å². The first-order chi connectivity index (χ1) is 13.5. The maximum absolute atomic E-state index is 13.4. The number of hydrogen-bond donors (Lipinski definition) is 0. The molecule has 28 heavy (non-hydrogen) atoms. The van der Waals surface area contributed by atoms with Crippen LogP contribution in [0.5, 0.6) is 0 Å². The third-order valence-electron chi connectivity index (χ3n) is 5.48. The number of aromatic nitrogens is 2. The Bertz CT molecular complexity index is 899. The van der Waals surface area contributed by atoms with E-state index in [1.165, 1.54) is 11.8 Å². The summed E-state index contributed by atoms with van der Waals surface area (Å²) < 4.78 is 6.36. The molecule has 0 radical (unpaired) electrons. The SMILES string of the molecule is CC.COC(=O)C1CCc2c(C)nn(C(=O)c3c(Cl)cccc3C3CC3)c2C1. The number of ether oxygens (including phenoxy) is 1. The maximum Gasteiger partial charge on any atom is 0.309 e. The summed E-state index contributed by atoms with van der Waals surface area (Å²) in [6, 6.07) is 5.63. The van der Waals surface area contributed by atoms with Crippen molar-refractivity contribution in [2.24, 2.45) is 5.92 Å². The summed E-state index contributed by atoms with van der Waals surface area (Å²) in [4.78, 5) is 25.3. The third kappa shape index (κ3) is 3.72. The van der Waals surface area contributed by atoms with Gasteiger partial charge in [-0.2, -0.15) is 5.10 Å². The third-order valence-corrected chi connectivity index (χ3v) is 5.79. The van der Waals surface area contributed by atoms with Crippen LogP contribution in [0.3, 0.4) is 0 Å². The molecule has 0 saturated heterocycles. The average molecular weight is 403 g/mol. The Hall–Kier alpha value is -2.14. The highest BCUT2D eigenvalue weighted by Crippen LogP contribution is 2.43. The first-order valence-corrected chi connectivity index (χ1v) is 10.4. The Morgan fingerprint density at radius 3 is 2.57 bits per heavy atom. The van der Waals surface area contributed by atoms with E-state index in [9.17, 15) is 9.59 Å². The molecule has 1 aromatic heterocycles. The summed E-state index contributed by atoms with van der Waals surface area (Å²) in [7, 11) is 1.40. The van der Waals surface area contributed by atoms with E-state index in [-0.39, 0.29) is 17.8 Å². The minimum atomic E-state index is -0.232. The Kier molecular flexibility index (Phi) is 6.23. The van der Waals surface area contributed by atoms with Crippen molar-refractivity contribution in [3.63, 3.8) is 0 Å². The Balaban J connectivity index is 0.00000109. The molecule has 1 unspecified atom stereocenters. The van der Waals surface area contributed by atoms with Crippen molar-refractivity contribution in [1.82, 2.24) is 9.78 Å². The largest absolute Gasteiger partial charge is 0.469 e. The Labute approximate surface area is 171 Å². The van der Waals surface area contributed by atoms with Gasteiger partial charge in [-0.25, -0.2) is 4.68 Å². The van der Waals surface area contributed by atoms with Crippen LogP contribution in [-0.2, 0) is 22.4 Å². The van der Waals surface area contributed by atoms with Crippen molar-refractivity contribution in [2.75, 3.05) is 7.11 Å². The summed E-state index contributed by atoms with van der Waals surface area (Å²) in [6.45, 7) is 5.91. The monoisotopic (exact) mass is 402 g/mol. The number of hydrogen-bond acceptors (Lipinski definition) is 4. The van der Waals surface area contributed by atoms with Crippen LogP contribution in [0.2, 0.25) is 5.02 Å². The predicted molar refractivity (Wildman–Crippen MR) is 109 cm³/mol. The van der Waals surface area contributed by atoms with Gasteiger partial charge in [0.05, 0.1) is 35.0 Å². The number of esters is 1. The van der Waals surface area contributed by atoms with Crippen LogP contribution in [0.1, 0.15) is 71.9 Å². The van der Waals surface area contributed by atoms with Crippen LogP contribution in [0.15, 0.2) is 18.2 Å². The minimum Gasteiger partial charge on any atom is -0.469 e. The molecule has 0 bridgehead atoms. The minimum absolute atomic E-state index is 0.202. The lowest BCUT2D eigenvalue weighted by atomic mass is 9.86. The number of nitrogens with zero attached hydrogens (tertiary/aromatic N) is 2. The summed E-state index contributed by atoms with van der Waals surface area (Å²) in [6.07, 6.45) is 4.09. The molecule has 4 rings (SSSR count). The smallest absolute Gasteiger partial charge is 0.309 e. The van der Waals surface area contributed by atoms with Crippen molar-refractivity contribution in [3.05, 3.63) is 51.3 Å². The maximum atomic E-state index is 13.4. The first kappa shape index (κ1) is 20.6. The zero-order valence-corrected chi connectivity index (χ0v) is 17.7. The highest BCUT2D eigenvalue weighted by molar-refractivity contribution is 6.34. The van der Waals surface area contributed by atoms with E-state index < -0.39 is 0 Å². The van der Waals surface area contributed by atoms with E-state index in [2.05, 4.69) is 5.10 Å². The molecule has 1 heterocycles. The summed E-state index contributed by atoms with van der Waals surface area (Å²) in [5.74, 6) is -0.260. The zero-order valence-electron chi connectivity index (χ0n) is 16.9. The van der Waals surface area contributed by atoms with Crippen LogP contribution in [0.4, 0.5) is 0 Å². The van der Waals surface area contributed by atoms with Gasteiger partial charge in [-0.1, -0.05) is 37.6 Å². The van der Waals surface area contributed by atoms with Crippen LogP contribution in [-0.4, -0.2) is 28.8 Å². The van der Waals surface area contributed by atoms with E-state index in [1.807, 2.05) is 32.9 Å². The van der Waals surface area contributed by atoms with Crippen molar-refractivity contribution >= 4 is 23.5 Å². The molecule has 1 fully saturated rings. The molecule has 150 valence electrons. The lowest BCUT2D eigenvalue weighted by molar-refractivity contribution is -0.145. The number of methoxy groups -OCH3 is 1. The Morgan fingerprint density at radius 2 is 1.93 bits per heavy atom. The van der Waals surface area contributed by atoms with Crippen LogP contribution < -0.4 is 0 Å². The summed E-state index contributed by atoms with van der Waals surface area (Å²) >= 11 is 6.40. The summed E-state index contributed by atoms with van der Waals surface area (Å²) in [5.41, 5.74) is 4.28. The van der Waals surface area contributed by atoms with Gasteiger partial charge in [-0.05, 0) is 55.7 Å². The van der Waals surface area contributed by atoms with E-state index >= 15 is 0 Å². The number of carbonyl (C=O) groups is 2. The molecule has 0 aliphatic heterocycles. The van der Waals surface area contributed by atoms with Crippen molar-refractivity contribution in [1.29, 1.82) is 0 Å². The van der Waals surface area contributed by atoms with Crippen LogP contribution in [0.25, 0.3) is 0 Å². The number of benzene rings is 1. The van der Waals surface area contributed by atoms with Gasteiger partial charge in [-0.3, -0.25) is 9.59 Å². The number of rotatable bonds is 3. The number of halogens is 1. The van der Waals surface area contributed by atoms with Gasteiger partial charge in [0.15, 0.2) is 0 Å². The highest BCUT2D eigenvalue weighted by Gasteiger charge is 2.34. The van der Waals surface area contributed by atoms with Crippen molar-refractivity contribution in [3.8, 4) is 0 Å². The second-order valence-corrected chi connectivity index (χ2v) is 7.58. The van der Waals surface area contributed by atoms with Crippen LogP contribution in [0, 0.1) is 12.8 Å². The molecule has 1 atom stereocenters. The fraction of sp³-hybridized carbons (Fsp3) is 0.500. The van der Waals surface area contributed by atoms with E-state index in [0.29, 0.717) is 22.9 Å². The van der Waals surface area contributed by atoms with E-state index in [4.69, 9.17) is 16.3 Å². The predicted octanol–water partition coefficient (Wildman–Crippen LogP) is 4.71. The van der Waals surface area contributed by atoms with Gasteiger partial charge < -0.3 is 4.74 Å². The molecule has 1 saturated carbocycles. The molecular weight excluding hydrogens is 376 g/mol. The molecule has 2 aliphatic carbocycles. The van der Waals surface area contributed by atoms with Gasteiger partial charge in [0, 0.05) is 6.42 Å². The van der Waals surface area contributed by atoms with Gasteiger partial charge in [-0.15, -0.1) is 0 Å². The summed E-state index contributed by atoms with van der Waals surface area (Å²) in [5, 5.41) is 4.97. The number of fused-ring (bicyclic) bond motifs is 1. The van der Waals surface area contributed by atoms with Gasteiger partial charge in [0.1, 0.15) is 0 Å². The molecule has 6 heteroatoms. The zero-order chi connectivity index (χ0) is 20.4. The standard InChI is InChI=1S/C20H21ClN2O3.C2H6/c1-11-14-9-8-13(20(25)26-2)10-17(14)23(22-11)19(24)18-15(12-6-7-12)4-3-5-16(18)21;1-2/h3-5,12-13H,6-10H2,1-2H3;1-2H3. The van der Waals surface area contributed by atoms with Gasteiger partial charge in [0.25, 0.3) is 5.91 Å². The molecule has 2 aromatic rings. The topological polar surface area (TPSA) is 61.2 Å². The van der Waals surface area contributed by atoms with Gasteiger partial charge in [0.2, 0.25) is 0 Å². The Morgan fingerprint density at radius 1 is 1.21 bits per heavy atom. The molecule has 5 nitrogen and oxygen atoms in total. The molecule has 2 aliphatic rings. The fourth-order valence-corrected chi connectivity index (χ4v) is 4.20. The molecule has 0 amide bonds. The van der Waals surface area contributed by atoms with Gasteiger partial charge >= 0.3 is 5.97 Å². The highest BCUT2D eigenvalue weighted by atomic mass is 35.5.